The lowest BCUT2D eigenvalue weighted by Crippen LogP contribution is -2.03. The number of carbonyl (C=O) groups is 1. The highest BCUT2D eigenvalue weighted by atomic mass is 35.5. The van der Waals surface area contributed by atoms with Crippen molar-refractivity contribution in [2.75, 3.05) is 6.61 Å². The van der Waals surface area contributed by atoms with E-state index in [9.17, 15) is 4.79 Å². The maximum absolute atomic E-state index is 10.7. The van der Waals surface area contributed by atoms with E-state index in [0.29, 0.717) is 23.9 Å². The molecule has 0 aliphatic carbocycles. The molecule has 4 rings (SSSR count). The molecule has 3 aromatic carbocycles. The Morgan fingerprint density at radius 2 is 1.84 bits per heavy atom. The van der Waals surface area contributed by atoms with Gasteiger partial charge >= 0.3 is 5.97 Å². The van der Waals surface area contributed by atoms with E-state index in [2.05, 4.69) is 21.9 Å². The molecular formula is C25H21ClN2O4. The lowest BCUT2D eigenvalue weighted by Gasteiger charge is -2.09. The Bertz CT molecular complexity index is 1250. The molecule has 0 aliphatic heterocycles. The van der Waals surface area contributed by atoms with Gasteiger partial charge in [0.25, 0.3) is 0 Å². The lowest BCUT2D eigenvalue weighted by molar-refractivity contribution is -0.142. The van der Waals surface area contributed by atoms with Crippen LogP contribution in [0.2, 0.25) is 5.02 Å². The van der Waals surface area contributed by atoms with Crippen LogP contribution in [0.15, 0.2) is 84.1 Å². The fourth-order valence-electron chi connectivity index (χ4n) is 3.37. The summed E-state index contributed by atoms with van der Waals surface area (Å²) in [7, 11) is 0. The van der Waals surface area contributed by atoms with Gasteiger partial charge in [0.2, 0.25) is 6.61 Å². The molecule has 0 saturated heterocycles. The summed E-state index contributed by atoms with van der Waals surface area (Å²) in [6.07, 6.45) is 3.48. The molecule has 0 amide bonds. The van der Waals surface area contributed by atoms with E-state index in [-0.39, 0.29) is 0 Å². The number of nitrogens with zero attached hydrogens (tertiary/aromatic N) is 2. The molecule has 0 atom stereocenters. The molecule has 0 saturated carbocycles. The Hall–Kier alpha value is -3.77. The standard InChI is InChI=1S/C25H21ClN2O4/c26-23-9-5-4-8-19(23)16-31-21-10-11-24-22(12-21)20(13-27-32-17-25(29)30)15-28(24)14-18-6-2-1-3-7-18/h1-13,15H,14,16-17H2,(H,29,30)/b27-13+. The number of oxime groups is 1. The quantitative estimate of drug-likeness (QED) is 0.276. The van der Waals surface area contributed by atoms with E-state index in [1.807, 2.05) is 66.9 Å². The zero-order valence-electron chi connectivity index (χ0n) is 17.1. The number of rotatable bonds is 9. The largest absolute Gasteiger partial charge is 0.489 e. The second-order valence-corrected chi connectivity index (χ2v) is 7.57. The van der Waals surface area contributed by atoms with Gasteiger partial charge in [0.05, 0.1) is 6.21 Å². The minimum absolute atomic E-state index is 0.348. The zero-order valence-corrected chi connectivity index (χ0v) is 17.9. The Kier molecular flexibility index (Phi) is 6.72. The normalized spacial score (nSPS) is 11.2. The molecule has 4 aromatic rings. The van der Waals surface area contributed by atoms with Crippen LogP contribution in [0.25, 0.3) is 10.9 Å². The number of fused-ring (bicyclic) bond motifs is 1. The van der Waals surface area contributed by atoms with Gasteiger partial charge < -0.3 is 19.2 Å². The first-order chi connectivity index (χ1) is 15.6. The average molecular weight is 449 g/mol. The third kappa shape index (κ3) is 5.28. The molecular weight excluding hydrogens is 428 g/mol. The topological polar surface area (TPSA) is 73.0 Å². The van der Waals surface area contributed by atoms with Crippen molar-refractivity contribution < 1.29 is 19.5 Å². The number of ether oxygens (including phenoxy) is 1. The van der Waals surface area contributed by atoms with Crippen molar-refractivity contribution in [2.45, 2.75) is 13.2 Å². The molecule has 0 unspecified atom stereocenters. The van der Waals surface area contributed by atoms with E-state index in [0.717, 1.165) is 27.6 Å². The molecule has 1 aromatic heterocycles. The molecule has 7 heteroatoms. The van der Waals surface area contributed by atoms with Gasteiger partial charge in [-0.2, -0.15) is 0 Å². The molecule has 1 heterocycles. The number of aliphatic carboxylic acids is 1. The summed E-state index contributed by atoms with van der Waals surface area (Å²) in [6, 6.07) is 23.5. The monoisotopic (exact) mass is 448 g/mol. The van der Waals surface area contributed by atoms with Crippen LogP contribution < -0.4 is 4.74 Å². The number of hydrogen-bond donors (Lipinski definition) is 1. The number of carboxylic acid groups (broad SMARTS) is 1. The van der Waals surface area contributed by atoms with Gasteiger partial charge in [-0.05, 0) is 29.8 Å². The molecule has 0 fully saturated rings. The van der Waals surface area contributed by atoms with Crippen molar-refractivity contribution in [3.63, 3.8) is 0 Å². The minimum atomic E-state index is -1.08. The summed E-state index contributed by atoms with van der Waals surface area (Å²) >= 11 is 6.23. The van der Waals surface area contributed by atoms with Crippen LogP contribution in [0, 0.1) is 0 Å². The van der Waals surface area contributed by atoms with Crippen molar-refractivity contribution >= 4 is 34.7 Å². The number of carboxylic acids is 1. The summed E-state index contributed by atoms with van der Waals surface area (Å²) in [5.74, 6) is -0.389. The number of hydrogen-bond acceptors (Lipinski definition) is 4. The highest BCUT2D eigenvalue weighted by molar-refractivity contribution is 6.31. The van der Waals surface area contributed by atoms with Gasteiger partial charge in [0.15, 0.2) is 0 Å². The fourth-order valence-corrected chi connectivity index (χ4v) is 3.56. The van der Waals surface area contributed by atoms with E-state index in [1.54, 1.807) is 0 Å². The van der Waals surface area contributed by atoms with Gasteiger partial charge in [-0.1, -0.05) is 65.3 Å². The predicted octanol–water partition coefficient (Wildman–Crippen LogP) is 5.36. The van der Waals surface area contributed by atoms with Crippen molar-refractivity contribution in [3.05, 3.63) is 101 Å². The first-order valence-corrected chi connectivity index (χ1v) is 10.4. The van der Waals surface area contributed by atoms with Crippen LogP contribution in [-0.4, -0.2) is 28.5 Å². The number of benzene rings is 3. The average Bonchev–Trinajstić information content (AvgIpc) is 3.13. The van der Waals surface area contributed by atoms with Gasteiger partial charge in [0, 0.05) is 39.8 Å². The highest BCUT2D eigenvalue weighted by Gasteiger charge is 2.10. The van der Waals surface area contributed by atoms with Crippen LogP contribution >= 0.6 is 11.6 Å². The minimum Gasteiger partial charge on any atom is -0.489 e. The van der Waals surface area contributed by atoms with Crippen LogP contribution in [0.3, 0.4) is 0 Å². The summed E-state index contributed by atoms with van der Waals surface area (Å²) in [5.41, 5.74) is 3.86. The molecule has 0 spiro atoms. The number of halogens is 1. The highest BCUT2D eigenvalue weighted by Crippen LogP contribution is 2.27. The van der Waals surface area contributed by atoms with E-state index in [4.69, 9.17) is 26.3 Å². The van der Waals surface area contributed by atoms with Gasteiger partial charge in [-0.3, -0.25) is 0 Å². The molecule has 0 bridgehead atoms. The zero-order chi connectivity index (χ0) is 22.3. The molecule has 1 N–H and O–H groups in total. The van der Waals surface area contributed by atoms with E-state index >= 15 is 0 Å². The smallest absolute Gasteiger partial charge is 0.344 e. The van der Waals surface area contributed by atoms with Crippen molar-refractivity contribution in [1.29, 1.82) is 0 Å². The van der Waals surface area contributed by atoms with Crippen molar-refractivity contribution in [1.82, 2.24) is 4.57 Å². The Morgan fingerprint density at radius 3 is 2.62 bits per heavy atom. The first-order valence-electron chi connectivity index (χ1n) is 10.0. The second-order valence-electron chi connectivity index (χ2n) is 7.16. The molecule has 162 valence electrons. The Morgan fingerprint density at radius 1 is 1.06 bits per heavy atom. The van der Waals surface area contributed by atoms with Gasteiger partial charge in [-0.15, -0.1) is 0 Å². The Labute approximate surface area is 190 Å². The number of aromatic nitrogens is 1. The van der Waals surface area contributed by atoms with Crippen molar-refractivity contribution in [2.24, 2.45) is 5.16 Å². The third-order valence-electron chi connectivity index (χ3n) is 4.89. The van der Waals surface area contributed by atoms with Crippen LogP contribution in [-0.2, 0) is 22.8 Å². The maximum atomic E-state index is 10.7. The molecule has 0 radical (unpaired) electrons. The Balaban J connectivity index is 1.62. The first kappa shape index (κ1) is 21.5. The SMILES string of the molecule is O=C(O)CO/N=C/c1cn(Cc2ccccc2)c2ccc(OCc3ccccc3Cl)cc12. The van der Waals surface area contributed by atoms with Crippen molar-refractivity contribution in [3.8, 4) is 5.75 Å². The van der Waals surface area contributed by atoms with Crippen LogP contribution in [0.4, 0.5) is 0 Å². The summed E-state index contributed by atoms with van der Waals surface area (Å²) in [5, 5.41) is 14.1. The van der Waals surface area contributed by atoms with E-state index < -0.39 is 12.6 Å². The van der Waals surface area contributed by atoms with Gasteiger partial charge in [-0.25, -0.2) is 4.79 Å². The fraction of sp³-hybridized carbons (Fsp3) is 0.120. The predicted molar refractivity (Wildman–Crippen MR) is 124 cm³/mol. The molecule has 0 aliphatic rings. The van der Waals surface area contributed by atoms with E-state index in [1.165, 1.54) is 6.21 Å². The molecule has 6 nitrogen and oxygen atoms in total. The third-order valence-corrected chi connectivity index (χ3v) is 5.25. The summed E-state index contributed by atoms with van der Waals surface area (Å²) in [6.45, 7) is 0.535. The maximum Gasteiger partial charge on any atom is 0.344 e. The van der Waals surface area contributed by atoms with Crippen LogP contribution in [0.1, 0.15) is 16.7 Å². The summed E-state index contributed by atoms with van der Waals surface area (Å²) < 4.78 is 8.09. The second kappa shape index (κ2) is 10.0. The van der Waals surface area contributed by atoms with Gasteiger partial charge in [0.1, 0.15) is 12.4 Å². The lowest BCUT2D eigenvalue weighted by atomic mass is 10.2. The molecule has 32 heavy (non-hydrogen) atoms. The van der Waals surface area contributed by atoms with Crippen LogP contribution in [0.5, 0.6) is 5.75 Å². The summed E-state index contributed by atoms with van der Waals surface area (Å²) in [4.78, 5) is 15.5.